The van der Waals surface area contributed by atoms with Crippen molar-refractivity contribution in [2.24, 2.45) is 0 Å². The van der Waals surface area contributed by atoms with Crippen molar-refractivity contribution in [3.63, 3.8) is 0 Å². The number of hydrogen-bond acceptors (Lipinski definition) is 9. The molecule has 2 fully saturated rings. The molecule has 33 heavy (non-hydrogen) atoms. The van der Waals surface area contributed by atoms with E-state index in [2.05, 4.69) is 54.3 Å². The molecule has 0 amide bonds. The number of aromatic amines is 1. The Labute approximate surface area is 193 Å². The lowest BCUT2D eigenvalue weighted by Gasteiger charge is -2.39. The Morgan fingerprint density at radius 3 is 2.67 bits per heavy atom. The number of morpholine rings is 1. The third-order valence-electron chi connectivity index (χ3n) is 6.17. The van der Waals surface area contributed by atoms with Gasteiger partial charge < -0.3 is 30.2 Å². The predicted octanol–water partition coefficient (Wildman–Crippen LogP) is 2.49. The Kier molecular flexibility index (Phi) is 6.07. The number of anilines is 5. The Bertz CT molecular complexity index is 1070. The maximum atomic E-state index is 8.19. The summed E-state index contributed by atoms with van der Waals surface area (Å²) in [5.41, 5.74) is 1.77. The largest absolute Gasteiger partial charge is 0.377 e. The summed E-state index contributed by atoms with van der Waals surface area (Å²) in [7, 11) is 0. The van der Waals surface area contributed by atoms with Crippen LogP contribution in [0.4, 0.5) is 29.0 Å². The average molecular weight is 448 g/mol. The maximum Gasteiger partial charge on any atom is 0.153 e. The zero-order valence-electron chi connectivity index (χ0n) is 18.7. The van der Waals surface area contributed by atoms with Gasteiger partial charge in [-0.15, -0.1) is 0 Å². The number of nitrogens with zero attached hydrogens (tertiary/aromatic N) is 6. The van der Waals surface area contributed by atoms with Gasteiger partial charge in [0.25, 0.3) is 0 Å². The summed E-state index contributed by atoms with van der Waals surface area (Å²) in [6.07, 6.45) is 4.98. The first-order valence-electron chi connectivity index (χ1n) is 11.3. The van der Waals surface area contributed by atoms with Gasteiger partial charge in [0.05, 0.1) is 30.5 Å². The lowest BCUT2D eigenvalue weighted by Crippen LogP contribution is -2.47. The molecule has 5 rings (SSSR count). The van der Waals surface area contributed by atoms with E-state index in [4.69, 9.17) is 15.1 Å². The number of ether oxygens (including phenoxy) is 1. The SMILES string of the molecule is C[C@@H]1COCCN1c1cc(N2CCN(c3ccccn3)CC2)c(C=N)c(Nc2cc[nH]n2)n1. The van der Waals surface area contributed by atoms with E-state index in [9.17, 15) is 0 Å². The van der Waals surface area contributed by atoms with Crippen molar-refractivity contribution in [2.75, 3.05) is 66.0 Å². The minimum absolute atomic E-state index is 0.226. The van der Waals surface area contributed by atoms with Crippen LogP contribution in [0.25, 0.3) is 0 Å². The van der Waals surface area contributed by atoms with Crippen molar-refractivity contribution < 1.29 is 4.74 Å². The summed E-state index contributed by atoms with van der Waals surface area (Å²) >= 11 is 0. The van der Waals surface area contributed by atoms with Gasteiger partial charge in [-0.2, -0.15) is 5.10 Å². The van der Waals surface area contributed by atoms with Crippen LogP contribution in [-0.2, 0) is 4.74 Å². The molecule has 0 unspecified atom stereocenters. The molecule has 0 radical (unpaired) electrons. The Balaban J connectivity index is 1.47. The van der Waals surface area contributed by atoms with Crippen LogP contribution in [0.3, 0.4) is 0 Å². The Morgan fingerprint density at radius 1 is 1.12 bits per heavy atom. The number of rotatable bonds is 6. The molecule has 5 heterocycles. The van der Waals surface area contributed by atoms with Crippen LogP contribution in [0.15, 0.2) is 42.7 Å². The topological polar surface area (TPSA) is 109 Å². The van der Waals surface area contributed by atoms with Gasteiger partial charge in [-0.25, -0.2) is 9.97 Å². The fourth-order valence-corrected chi connectivity index (χ4v) is 4.41. The first-order valence-corrected chi connectivity index (χ1v) is 11.3. The smallest absolute Gasteiger partial charge is 0.153 e. The molecule has 10 nitrogen and oxygen atoms in total. The van der Waals surface area contributed by atoms with Crippen molar-refractivity contribution in [1.82, 2.24) is 20.2 Å². The second-order valence-electron chi connectivity index (χ2n) is 8.27. The summed E-state index contributed by atoms with van der Waals surface area (Å²) in [5.74, 6) is 3.19. The summed E-state index contributed by atoms with van der Waals surface area (Å²) in [4.78, 5) is 16.3. The zero-order chi connectivity index (χ0) is 22.6. The van der Waals surface area contributed by atoms with Crippen LogP contribution in [-0.4, -0.2) is 78.4 Å². The molecule has 10 heteroatoms. The fraction of sp³-hybridized carbons (Fsp3) is 0.391. The molecule has 3 N–H and O–H groups in total. The van der Waals surface area contributed by atoms with E-state index in [1.54, 1.807) is 6.20 Å². The number of hydrogen-bond donors (Lipinski definition) is 3. The van der Waals surface area contributed by atoms with Crippen LogP contribution < -0.4 is 20.0 Å². The maximum absolute atomic E-state index is 8.19. The third-order valence-corrected chi connectivity index (χ3v) is 6.17. The van der Waals surface area contributed by atoms with Crippen molar-refractivity contribution in [2.45, 2.75) is 13.0 Å². The number of H-pyrrole nitrogens is 1. The van der Waals surface area contributed by atoms with Crippen molar-refractivity contribution in [3.8, 4) is 0 Å². The Hall–Kier alpha value is -3.66. The van der Waals surface area contributed by atoms with Crippen LogP contribution in [0, 0.1) is 5.41 Å². The molecule has 0 aromatic carbocycles. The van der Waals surface area contributed by atoms with E-state index in [0.29, 0.717) is 24.8 Å². The van der Waals surface area contributed by atoms with Crippen molar-refractivity contribution in [1.29, 1.82) is 5.41 Å². The zero-order valence-corrected chi connectivity index (χ0v) is 18.7. The van der Waals surface area contributed by atoms with Gasteiger partial charge in [-0.05, 0) is 19.1 Å². The molecule has 0 bridgehead atoms. The average Bonchev–Trinajstić information content (AvgIpc) is 3.38. The minimum Gasteiger partial charge on any atom is -0.377 e. The predicted molar refractivity (Wildman–Crippen MR) is 130 cm³/mol. The van der Waals surface area contributed by atoms with Gasteiger partial charge in [0.1, 0.15) is 17.5 Å². The normalized spacial score (nSPS) is 18.9. The van der Waals surface area contributed by atoms with Gasteiger partial charge in [-0.3, -0.25) is 5.10 Å². The number of nitrogens with one attached hydrogen (secondary N) is 3. The quantitative estimate of drug-likeness (QED) is 0.495. The molecule has 2 aliphatic rings. The monoisotopic (exact) mass is 447 g/mol. The summed E-state index contributed by atoms with van der Waals surface area (Å²) in [5, 5.41) is 18.5. The molecule has 0 spiro atoms. The standard InChI is InChI=1S/C23H29N9O/c1-17-16-33-13-12-32(17)22-14-19(18(15-24)23(28-22)27-20-5-7-26-29-20)30-8-10-31(11-9-30)21-4-2-3-6-25-21/h2-7,14-15,17,24H,8-13,16H2,1H3,(H2,26,27,28,29)/t17-/m1/s1. The van der Waals surface area contributed by atoms with Gasteiger partial charge in [0.15, 0.2) is 5.82 Å². The molecule has 0 aliphatic carbocycles. The lowest BCUT2D eigenvalue weighted by atomic mass is 10.1. The van der Waals surface area contributed by atoms with Crippen molar-refractivity contribution >= 4 is 35.2 Å². The van der Waals surface area contributed by atoms with Crippen LogP contribution in [0.1, 0.15) is 12.5 Å². The summed E-state index contributed by atoms with van der Waals surface area (Å²) in [6.45, 7) is 7.68. The first kappa shape index (κ1) is 21.2. The minimum atomic E-state index is 0.226. The van der Waals surface area contributed by atoms with Gasteiger partial charge in [-0.1, -0.05) is 6.07 Å². The van der Waals surface area contributed by atoms with E-state index < -0.39 is 0 Å². The van der Waals surface area contributed by atoms with E-state index in [-0.39, 0.29) is 6.04 Å². The van der Waals surface area contributed by atoms with E-state index in [0.717, 1.165) is 55.6 Å². The van der Waals surface area contributed by atoms with Crippen molar-refractivity contribution in [3.05, 3.63) is 48.3 Å². The second-order valence-corrected chi connectivity index (χ2v) is 8.27. The third kappa shape index (κ3) is 4.47. The highest BCUT2D eigenvalue weighted by Crippen LogP contribution is 2.33. The molecule has 3 aromatic rings. The highest BCUT2D eigenvalue weighted by molar-refractivity contribution is 5.94. The van der Waals surface area contributed by atoms with E-state index in [1.807, 2.05) is 24.4 Å². The highest BCUT2D eigenvalue weighted by Gasteiger charge is 2.26. The molecule has 2 saturated heterocycles. The van der Waals surface area contributed by atoms with Gasteiger partial charge in [0, 0.05) is 63.5 Å². The van der Waals surface area contributed by atoms with Crippen LogP contribution >= 0.6 is 0 Å². The van der Waals surface area contributed by atoms with Gasteiger partial charge in [0.2, 0.25) is 0 Å². The molecular formula is C23H29N9O. The van der Waals surface area contributed by atoms with Crippen LogP contribution in [0.5, 0.6) is 0 Å². The molecule has 3 aromatic heterocycles. The highest BCUT2D eigenvalue weighted by atomic mass is 16.5. The molecule has 2 aliphatic heterocycles. The molecule has 172 valence electrons. The van der Waals surface area contributed by atoms with Gasteiger partial charge >= 0.3 is 0 Å². The van der Waals surface area contributed by atoms with E-state index in [1.165, 1.54) is 6.21 Å². The molecule has 0 saturated carbocycles. The Morgan fingerprint density at radius 2 is 1.97 bits per heavy atom. The molecule has 1 atom stereocenters. The lowest BCUT2D eigenvalue weighted by molar-refractivity contribution is 0.0985. The number of aromatic nitrogens is 4. The first-order chi connectivity index (χ1) is 16.2. The summed E-state index contributed by atoms with van der Waals surface area (Å²) < 4.78 is 5.64. The van der Waals surface area contributed by atoms with E-state index >= 15 is 0 Å². The molecular weight excluding hydrogens is 418 g/mol. The fourth-order valence-electron chi connectivity index (χ4n) is 4.41. The summed E-state index contributed by atoms with van der Waals surface area (Å²) in [6, 6.07) is 10.2. The number of pyridine rings is 2. The second kappa shape index (κ2) is 9.45. The number of piperazine rings is 1. The van der Waals surface area contributed by atoms with Crippen LogP contribution in [0.2, 0.25) is 0 Å².